The number of rotatable bonds is 6. The summed E-state index contributed by atoms with van der Waals surface area (Å²) in [4.78, 5) is 0. The zero-order chi connectivity index (χ0) is 11.1. The number of nitrogen functional groups attached to an aromatic ring is 1. The maximum Gasteiger partial charge on any atom is 0.0573 e. The van der Waals surface area contributed by atoms with Gasteiger partial charge in [0.25, 0.3) is 0 Å². The predicted octanol–water partition coefficient (Wildman–Crippen LogP) is 2.09. The maximum atomic E-state index is 8.87. The largest absolute Gasteiger partial charge is 0.397 e. The Balaban J connectivity index is 2.45. The highest BCUT2D eigenvalue weighted by atomic mass is 16.3. The lowest BCUT2D eigenvalue weighted by molar-refractivity contribution is 0.258. The molecule has 1 rings (SSSR count). The molecule has 15 heavy (non-hydrogen) atoms. The molecule has 0 spiro atoms. The SMILES string of the molecule is CCC(CCO)CNc1ccccc1N. The van der Waals surface area contributed by atoms with Crippen LogP contribution in [0.4, 0.5) is 11.4 Å². The van der Waals surface area contributed by atoms with Crippen molar-refractivity contribution in [3.8, 4) is 0 Å². The first kappa shape index (κ1) is 11.9. The second-order valence-corrected chi connectivity index (χ2v) is 3.75. The number of nitrogens with two attached hydrogens (primary N) is 1. The smallest absolute Gasteiger partial charge is 0.0573 e. The Kier molecular flexibility index (Phi) is 4.98. The van der Waals surface area contributed by atoms with E-state index < -0.39 is 0 Å². The maximum absolute atomic E-state index is 8.87. The van der Waals surface area contributed by atoms with Gasteiger partial charge in [-0.1, -0.05) is 25.5 Å². The number of para-hydroxylation sites is 2. The van der Waals surface area contributed by atoms with Gasteiger partial charge in [-0.15, -0.1) is 0 Å². The lowest BCUT2D eigenvalue weighted by atomic mass is 10.0. The molecule has 0 aliphatic rings. The number of nitrogens with one attached hydrogen (secondary N) is 1. The molecule has 0 saturated heterocycles. The predicted molar refractivity (Wildman–Crippen MR) is 64.8 cm³/mol. The van der Waals surface area contributed by atoms with Crippen molar-refractivity contribution < 1.29 is 5.11 Å². The summed E-state index contributed by atoms with van der Waals surface area (Å²) in [6, 6.07) is 7.74. The zero-order valence-electron chi connectivity index (χ0n) is 9.24. The third kappa shape index (κ3) is 3.80. The molecule has 1 unspecified atom stereocenters. The summed E-state index contributed by atoms with van der Waals surface area (Å²) in [6.07, 6.45) is 1.91. The minimum absolute atomic E-state index is 0.254. The van der Waals surface area contributed by atoms with Crippen molar-refractivity contribution in [1.82, 2.24) is 0 Å². The van der Waals surface area contributed by atoms with Crippen LogP contribution in [0.1, 0.15) is 19.8 Å². The van der Waals surface area contributed by atoms with Gasteiger partial charge in [0.15, 0.2) is 0 Å². The van der Waals surface area contributed by atoms with E-state index in [2.05, 4.69) is 12.2 Å². The van der Waals surface area contributed by atoms with Gasteiger partial charge in [0, 0.05) is 13.2 Å². The summed E-state index contributed by atoms with van der Waals surface area (Å²) in [5, 5.41) is 12.2. The van der Waals surface area contributed by atoms with Gasteiger partial charge in [-0.3, -0.25) is 0 Å². The van der Waals surface area contributed by atoms with Crippen molar-refractivity contribution in [3.05, 3.63) is 24.3 Å². The van der Waals surface area contributed by atoms with Crippen molar-refractivity contribution in [2.45, 2.75) is 19.8 Å². The van der Waals surface area contributed by atoms with E-state index in [4.69, 9.17) is 10.8 Å². The summed E-state index contributed by atoms with van der Waals surface area (Å²) >= 11 is 0. The van der Waals surface area contributed by atoms with E-state index in [9.17, 15) is 0 Å². The second-order valence-electron chi connectivity index (χ2n) is 3.75. The molecule has 3 nitrogen and oxygen atoms in total. The molecular weight excluding hydrogens is 188 g/mol. The van der Waals surface area contributed by atoms with Gasteiger partial charge in [-0.2, -0.15) is 0 Å². The van der Waals surface area contributed by atoms with Crippen LogP contribution in [0, 0.1) is 5.92 Å². The van der Waals surface area contributed by atoms with E-state index in [0.29, 0.717) is 5.92 Å². The van der Waals surface area contributed by atoms with Crippen molar-refractivity contribution >= 4 is 11.4 Å². The van der Waals surface area contributed by atoms with Crippen molar-refractivity contribution in [1.29, 1.82) is 0 Å². The number of benzene rings is 1. The van der Waals surface area contributed by atoms with Crippen molar-refractivity contribution in [2.24, 2.45) is 5.92 Å². The Labute approximate surface area is 91.3 Å². The lowest BCUT2D eigenvalue weighted by Crippen LogP contribution is -2.15. The highest BCUT2D eigenvalue weighted by Gasteiger charge is 2.05. The molecule has 0 heterocycles. The summed E-state index contributed by atoms with van der Waals surface area (Å²) in [6.45, 7) is 3.26. The molecule has 1 aromatic rings. The fourth-order valence-electron chi connectivity index (χ4n) is 1.55. The second kappa shape index (κ2) is 6.30. The van der Waals surface area contributed by atoms with Crippen LogP contribution in [0.2, 0.25) is 0 Å². The van der Waals surface area contributed by atoms with Crippen LogP contribution in [0.5, 0.6) is 0 Å². The number of hydrogen-bond acceptors (Lipinski definition) is 3. The third-order valence-corrected chi connectivity index (χ3v) is 2.66. The molecule has 0 aliphatic carbocycles. The minimum atomic E-state index is 0.254. The topological polar surface area (TPSA) is 58.3 Å². The van der Waals surface area contributed by atoms with E-state index in [1.54, 1.807) is 0 Å². The summed E-state index contributed by atoms with van der Waals surface area (Å²) in [7, 11) is 0. The van der Waals surface area contributed by atoms with Gasteiger partial charge in [0.05, 0.1) is 11.4 Å². The highest BCUT2D eigenvalue weighted by Crippen LogP contribution is 2.18. The average Bonchev–Trinajstić information content (AvgIpc) is 2.26. The van der Waals surface area contributed by atoms with E-state index in [1.165, 1.54) is 0 Å². The molecule has 3 heteroatoms. The summed E-state index contributed by atoms with van der Waals surface area (Å²) < 4.78 is 0. The summed E-state index contributed by atoms with van der Waals surface area (Å²) in [5.74, 6) is 0.509. The van der Waals surface area contributed by atoms with Gasteiger partial charge in [-0.05, 0) is 24.5 Å². The molecule has 84 valence electrons. The van der Waals surface area contributed by atoms with Gasteiger partial charge < -0.3 is 16.2 Å². The third-order valence-electron chi connectivity index (χ3n) is 2.66. The molecule has 0 radical (unpaired) electrons. The van der Waals surface area contributed by atoms with Crippen LogP contribution in [0.3, 0.4) is 0 Å². The Hall–Kier alpha value is -1.22. The summed E-state index contributed by atoms with van der Waals surface area (Å²) in [5.41, 5.74) is 7.57. The number of anilines is 2. The lowest BCUT2D eigenvalue weighted by Gasteiger charge is -2.16. The van der Waals surface area contributed by atoms with E-state index in [0.717, 1.165) is 30.8 Å². The molecule has 4 N–H and O–H groups in total. The molecule has 0 saturated carbocycles. The first-order valence-electron chi connectivity index (χ1n) is 5.47. The first-order valence-corrected chi connectivity index (χ1v) is 5.47. The fraction of sp³-hybridized carbons (Fsp3) is 0.500. The average molecular weight is 208 g/mol. The molecule has 0 aromatic heterocycles. The number of aliphatic hydroxyl groups excluding tert-OH is 1. The quantitative estimate of drug-likeness (QED) is 0.627. The van der Waals surface area contributed by atoms with Gasteiger partial charge in [0.1, 0.15) is 0 Å². The van der Waals surface area contributed by atoms with Gasteiger partial charge in [0.2, 0.25) is 0 Å². The first-order chi connectivity index (χ1) is 7.27. The van der Waals surface area contributed by atoms with Crippen molar-refractivity contribution in [2.75, 3.05) is 24.2 Å². The molecule has 0 bridgehead atoms. The highest BCUT2D eigenvalue weighted by molar-refractivity contribution is 5.65. The molecule has 1 aromatic carbocycles. The van der Waals surface area contributed by atoms with Crippen LogP contribution < -0.4 is 11.1 Å². The Morgan fingerprint density at radius 2 is 2.13 bits per heavy atom. The van der Waals surface area contributed by atoms with Crippen LogP contribution in [0.25, 0.3) is 0 Å². The standard InChI is InChI=1S/C12H20N2O/c1-2-10(7-8-15)9-14-12-6-4-3-5-11(12)13/h3-6,10,14-15H,2,7-9,13H2,1H3. The number of hydrogen-bond donors (Lipinski definition) is 3. The molecule has 0 aliphatic heterocycles. The minimum Gasteiger partial charge on any atom is -0.397 e. The number of aliphatic hydroxyl groups is 1. The van der Waals surface area contributed by atoms with Gasteiger partial charge >= 0.3 is 0 Å². The monoisotopic (exact) mass is 208 g/mol. The van der Waals surface area contributed by atoms with E-state index in [-0.39, 0.29) is 6.61 Å². The fourth-order valence-corrected chi connectivity index (χ4v) is 1.55. The normalized spacial score (nSPS) is 12.4. The molecule has 1 atom stereocenters. The molecule has 0 fully saturated rings. The van der Waals surface area contributed by atoms with Crippen LogP contribution >= 0.6 is 0 Å². The molecule has 0 amide bonds. The Morgan fingerprint density at radius 1 is 1.40 bits per heavy atom. The van der Waals surface area contributed by atoms with E-state index in [1.807, 2.05) is 24.3 Å². The van der Waals surface area contributed by atoms with E-state index >= 15 is 0 Å². The van der Waals surface area contributed by atoms with Crippen LogP contribution in [-0.2, 0) is 0 Å². The zero-order valence-corrected chi connectivity index (χ0v) is 9.24. The Morgan fingerprint density at radius 3 is 2.73 bits per heavy atom. The Bertz CT molecular complexity index is 289. The van der Waals surface area contributed by atoms with Crippen LogP contribution in [-0.4, -0.2) is 18.3 Å². The van der Waals surface area contributed by atoms with Crippen molar-refractivity contribution in [3.63, 3.8) is 0 Å². The van der Waals surface area contributed by atoms with Gasteiger partial charge in [-0.25, -0.2) is 0 Å². The van der Waals surface area contributed by atoms with Crippen LogP contribution in [0.15, 0.2) is 24.3 Å². The molecular formula is C12H20N2O.